The first-order valence-corrected chi connectivity index (χ1v) is 12.5. The quantitative estimate of drug-likeness (QED) is 0.240. The highest BCUT2D eigenvalue weighted by Crippen LogP contribution is 2.37. The van der Waals surface area contributed by atoms with Crippen molar-refractivity contribution in [3.05, 3.63) is 119 Å². The van der Waals surface area contributed by atoms with E-state index >= 15 is 0 Å². The van der Waals surface area contributed by atoms with Gasteiger partial charge in [-0.05, 0) is 72.6 Å². The number of rotatable bonds is 8. The van der Waals surface area contributed by atoms with Crippen molar-refractivity contribution in [2.24, 2.45) is 0 Å². The number of anilines is 2. The van der Waals surface area contributed by atoms with Gasteiger partial charge in [-0.3, -0.25) is 9.59 Å². The number of ether oxygens (including phenoxy) is 1. The first-order chi connectivity index (χ1) is 17.4. The second kappa shape index (κ2) is 11.8. The molecule has 0 aliphatic rings. The van der Waals surface area contributed by atoms with Crippen molar-refractivity contribution >= 4 is 46.6 Å². The molecular weight excluding hydrogens is 492 g/mol. The van der Waals surface area contributed by atoms with Crippen LogP contribution in [0.25, 0.3) is 0 Å². The third-order valence-corrected chi connectivity index (χ3v) is 7.13. The molecule has 4 aromatic rings. The Kier molecular flexibility index (Phi) is 8.31. The number of aryl methyl sites for hydroxylation is 1. The van der Waals surface area contributed by atoms with Gasteiger partial charge in [0.2, 0.25) is 5.91 Å². The van der Waals surface area contributed by atoms with E-state index in [1.165, 1.54) is 11.8 Å². The second-order valence-electron chi connectivity index (χ2n) is 8.07. The van der Waals surface area contributed by atoms with Gasteiger partial charge in [0.05, 0.1) is 7.11 Å². The molecule has 0 aliphatic carbocycles. The van der Waals surface area contributed by atoms with Crippen LogP contribution < -0.4 is 15.4 Å². The molecule has 0 fully saturated rings. The average Bonchev–Trinajstić information content (AvgIpc) is 2.90. The molecule has 36 heavy (non-hydrogen) atoms. The van der Waals surface area contributed by atoms with E-state index in [0.717, 1.165) is 16.0 Å². The maximum Gasteiger partial charge on any atom is 0.255 e. The summed E-state index contributed by atoms with van der Waals surface area (Å²) in [5.41, 5.74) is 3.60. The Morgan fingerprint density at radius 3 is 2.25 bits per heavy atom. The van der Waals surface area contributed by atoms with E-state index in [0.29, 0.717) is 27.7 Å². The molecule has 0 saturated carbocycles. The minimum atomic E-state index is -0.515. The van der Waals surface area contributed by atoms with Crippen LogP contribution in [0.1, 0.15) is 26.7 Å². The molecule has 0 heterocycles. The molecule has 5 nitrogen and oxygen atoms in total. The summed E-state index contributed by atoms with van der Waals surface area (Å²) in [6, 6.07) is 29.4. The zero-order chi connectivity index (χ0) is 25.5. The highest BCUT2D eigenvalue weighted by molar-refractivity contribution is 8.00. The highest BCUT2D eigenvalue weighted by atomic mass is 35.5. The van der Waals surface area contributed by atoms with Crippen LogP contribution in [-0.4, -0.2) is 18.9 Å². The molecule has 0 saturated heterocycles. The number of thioether (sulfide) groups is 1. The Morgan fingerprint density at radius 2 is 1.56 bits per heavy atom. The molecule has 4 rings (SSSR count). The lowest BCUT2D eigenvalue weighted by atomic mass is 10.1. The van der Waals surface area contributed by atoms with Crippen LogP contribution >= 0.6 is 23.4 Å². The number of amides is 2. The molecule has 1 atom stereocenters. The van der Waals surface area contributed by atoms with Crippen LogP contribution in [-0.2, 0) is 4.79 Å². The minimum Gasteiger partial charge on any atom is -0.497 e. The van der Waals surface area contributed by atoms with Crippen molar-refractivity contribution in [2.75, 3.05) is 17.7 Å². The fourth-order valence-electron chi connectivity index (χ4n) is 3.51. The summed E-state index contributed by atoms with van der Waals surface area (Å²) in [6.45, 7) is 1.91. The third-order valence-electron chi connectivity index (χ3n) is 5.48. The molecule has 4 aromatic carbocycles. The summed E-state index contributed by atoms with van der Waals surface area (Å²) in [5, 5.41) is 5.98. The van der Waals surface area contributed by atoms with Gasteiger partial charge < -0.3 is 15.4 Å². The normalized spacial score (nSPS) is 11.4. The molecule has 0 spiro atoms. The number of nitrogens with one attached hydrogen (secondary N) is 2. The fraction of sp³-hybridized carbons (Fsp3) is 0.103. The molecule has 1 unspecified atom stereocenters. The lowest BCUT2D eigenvalue weighted by Gasteiger charge is -2.18. The summed E-state index contributed by atoms with van der Waals surface area (Å²) in [4.78, 5) is 26.9. The zero-order valence-corrected chi connectivity index (χ0v) is 21.4. The summed E-state index contributed by atoms with van der Waals surface area (Å²) >= 11 is 7.65. The van der Waals surface area contributed by atoms with Gasteiger partial charge in [-0.15, -0.1) is 11.8 Å². The van der Waals surface area contributed by atoms with Crippen LogP contribution in [0.5, 0.6) is 5.75 Å². The smallest absolute Gasteiger partial charge is 0.255 e. The summed E-state index contributed by atoms with van der Waals surface area (Å²) in [6.07, 6.45) is 0. The molecule has 7 heteroatoms. The van der Waals surface area contributed by atoms with Crippen molar-refractivity contribution in [2.45, 2.75) is 17.1 Å². The number of carbonyl (C=O) groups is 2. The molecule has 2 N–H and O–H groups in total. The van der Waals surface area contributed by atoms with Gasteiger partial charge in [-0.25, -0.2) is 0 Å². The van der Waals surface area contributed by atoms with E-state index in [-0.39, 0.29) is 11.8 Å². The number of benzene rings is 4. The van der Waals surface area contributed by atoms with E-state index in [1.807, 2.05) is 73.7 Å². The Balaban J connectivity index is 1.53. The van der Waals surface area contributed by atoms with Crippen molar-refractivity contribution < 1.29 is 14.3 Å². The Hall–Kier alpha value is -3.74. The van der Waals surface area contributed by atoms with Crippen molar-refractivity contribution in [1.29, 1.82) is 0 Å². The maximum absolute atomic E-state index is 13.4. The predicted molar refractivity (Wildman–Crippen MR) is 147 cm³/mol. The third kappa shape index (κ3) is 6.47. The van der Waals surface area contributed by atoms with E-state index < -0.39 is 5.25 Å². The lowest BCUT2D eigenvalue weighted by Crippen LogP contribution is -2.19. The Labute approximate surface area is 219 Å². The largest absolute Gasteiger partial charge is 0.497 e. The molecular formula is C29H25ClN2O3S. The number of hydrogen-bond acceptors (Lipinski definition) is 4. The molecule has 0 aromatic heterocycles. The molecule has 0 radical (unpaired) electrons. The van der Waals surface area contributed by atoms with E-state index in [1.54, 1.807) is 37.4 Å². The van der Waals surface area contributed by atoms with Gasteiger partial charge >= 0.3 is 0 Å². The summed E-state index contributed by atoms with van der Waals surface area (Å²) in [5.74, 6) is 0.287. The van der Waals surface area contributed by atoms with Gasteiger partial charge in [0.15, 0.2) is 0 Å². The molecule has 0 bridgehead atoms. The van der Waals surface area contributed by atoms with Crippen LogP contribution in [0.4, 0.5) is 11.4 Å². The van der Waals surface area contributed by atoms with Crippen LogP contribution in [0, 0.1) is 6.92 Å². The summed E-state index contributed by atoms with van der Waals surface area (Å²) < 4.78 is 5.15. The number of hydrogen-bond donors (Lipinski definition) is 2. The SMILES string of the molecule is COc1ccc(C(=O)Nc2cccc(SC(C(=O)Nc3ccc(C)c(Cl)c3)c3ccccc3)c2)cc1. The zero-order valence-electron chi connectivity index (χ0n) is 19.8. The second-order valence-corrected chi connectivity index (χ2v) is 9.66. The highest BCUT2D eigenvalue weighted by Gasteiger charge is 2.22. The van der Waals surface area contributed by atoms with Crippen LogP contribution in [0.15, 0.2) is 102 Å². The minimum absolute atomic E-state index is 0.168. The van der Waals surface area contributed by atoms with E-state index in [2.05, 4.69) is 10.6 Å². The number of halogens is 1. The fourth-order valence-corrected chi connectivity index (χ4v) is 4.77. The predicted octanol–water partition coefficient (Wildman–Crippen LogP) is 7.38. The Bertz CT molecular complexity index is 1360. The molecule has 182 valence electrons. The molecule has 0 aliphatic heterocycles. The van der Waals surface area contributed by atoms with Gasteiger partial charge in [0, 0.05) is 26.9 Å². The topological polar surface area (TPSA) is 67.4 Å². The van der Waals surface area contributed by atoms with Crippen LogP contribution in [0.3, 0.4) is 0 Å². The first-order valence-electron chi connectivity index (χ1n) is 11.3. The van der Waals surface area contributed by atoms with Crippen molar-refractivity contribution in [3.8, 4) is 5.75 Å². The first kappa shape index (κ1) is 25.4. The van der Waals surface area contributed by atoms with Crippen LogP contribution in [0.2, 0.25) is 5.02 Å². The van der Waals surface area contributed by atoms with Gasteiger partial charge in [-0.1, -0.05) is 54.1 Å². The van der Waals surface area contributed by atoms with Gasteiger partial charge in [0.1, 0.15) is 11.0 Å². The van der Waals surface area contributed by atoms with Gasteiger partial charge in [-0.2, -0.15) is 0 Å². The van der Waals surface area contributed by atoms with Gasteiger partial charge in [0.25, 0.3) is 5.91 Å². The van der Waals surface area contributed by atoms with E-state index in [9.17, 15) is 9.59 Å². The van der Waals surface area contributed by atoms with Crippen molar-refractivity contribution in [1.82, 2.24) is 0 Å². The summed E-state index contributed by atoms with van der Waals surface area (Å²) in [7, 11) is 1.58. The Morgan fingerprint density at radius 1 is 0.833 bits per heavy atom. The monoisotopic (exact) mass is 516 g/mol. The standard InChI is InChI=1S/C29H25ClN2O3S/c1-19-11-14-23(18-26(19)30)32-29(34)27(20-7-4-3-5-8-20)36-25-10-6-9-22(17-25)31-28(33)21-12-15-24(35-2)16-13-21/h3-18,27H,1-2H3,(H,31,33)(H,32,34). The lowest BCUT2D eigenvalue weighted by molar-refractivity contribution is -0.115. The van der Waals surface area contributed by atoms with Crippen molar-refractivity contribution in [3.63, 3.8) is 0 Å². The average molecular weight is 517 g/mol. The maximum atomic E-state index is 13.4. The molecule has 2 amide bonds. The number of carbonyl (C=O) groups excluding carboxylic acids is 2. The number of methoxy groups -OCH3 is 1. The van der Waals surface area contributed by atoms with E-state index in [4.69, 9.17) is 16.3 Å².